The highest BCUT2D eigenvalue weighted by atomic mass is 32.2. The molecule has 0 spiro atoms. The smallest absolute Gasteiger partial charge is 0.194 e. The fourth-order valence-electron chi connectivity index (χ4n) is 2.74. The summed E-state index contributed by atoms with van der Waals surface area (Å²) in [6.07, 6.45) is 0.636. The molecule has 23 heavy (non-hydrogen) atoms. The predicted octanol–water partition coefficient (Wildman–Crippen LogP) is 2.82. The molecule has 2 unspecified atom stereocenters. The maximum Gasteiger partial charge on any atom is 0.194 e. The highest BCUT2D eigenvalue weighted by molar-refractivity contribution is 8.00. The van der Waals surface area contributed by atoms with Crippen LogP contribution in [0.3, 0.4) is 0 Å². The topological polar surface area (TPSA) is 47.9 Å². The van der Waals surface area contributed by atoms with Gasteiger partial charge in [-0.1, -0.05) is 36.8 Å². The van der Waals surface area contributed by atoms with Gasteiger partial charge in [-0.3, -0.25) is 4.99 Å². The molecule has 0 aliphatic carbocycles. The highest BCUT2D eigenvalue weighted by Crippen LogP contribution is 2.21. The third-order valence-electron chi connectivity index (χ3n) is 4.07. The summed E-state index contributed by atoms with van der Waals surface area (Å²) in [5.74, 6) is 2.07. The number of nitrogens with one attached hydrogen (secondary N) is 1. The van der Waals surface area contributed by atoms with Crippen LogP contribution in [0.15, 0.2) is 29.3 Å². The molecule has 1 aliphatic heterocycles. The van der Waals surface area contributed by atoms with Gasteiger partial charge in [-0.2, -0.15) is 11.8 Å². The molecule has 0 radical (unpaired) electrons. The molecule has 1 fully saturated rings. The van der Waals surface area contributed by atoms with Crippen LogP contribution >= 0.6 is 11.8 Å². The minimum Gasteiger partial charge on any atom is -0.386 e. The molecule has 1 saturated heterocycles. The van der Waals surface area contributed by atoms with Crippen molar-refractivity contribution < 1.29 is 5.11 Å². The van der Waals surface area contributed by atoms with Crippen molar-refractivity contribution >= 4 is 17.7 Å². The van der Waals surface area contributed by atoms with Crippen molar-refractivity contribution in [2.75, 3.05) is 31.9 Å². The fraction of sp³-hybridized carbons (Fsp3) is 0.611. The molecule has 0 saturated carbocycles. The number of aryl methyl sites for hydroxylation is 1. The van der Waals surface area contributed by atoms with Crippen molar-refractivity contribution in [2.45, 2.75) is 38.5 Å². The molecule has 128 valence electrons. The second-order valence-electron chi connectivity index (χ2n) is 5.97. The van der Waals surface area contributed by atoms with Crippen molar-refractivity contribution in [3.05, 3.63) is 35.4 Å². The zero-order valence-electron chi connectivity index (χ0n) is 14.5. The first-order valence-corrected chi connectivity index (χ1v) is 9.58. The number of nitrogens with zero attached hydrogens (tertiary/aromatic N) is 2. The zero-order valence-corrected chi connectivity index (χ0v) is 15.3. The summed E-state index contributed by atoms with van der Waals surface area (Å²) in [5.41, 5.74) is 2.10. The predicted molar refractivity (Wildman–Crippen MR) is 100 cm³/mol. The maximum absolute atomic E-state index is 10.4. The number of aliphatic imine (C=N–C) groups is 1. The van der Waals surface area contributed by atoms with Gasteiger partial charge in [0, 0.05) is 30.6 Å². The van der Waals surface area contributed by atoms with E-state index in [1.807, 2.05) is 31.2 Å². The molecule has 2 rings (SSSR count). The summed E-state index contributed by atoms with van der Waals surface area (Å²) in [4.78, 5) is 7.01. The lowest BCUT2D eigenvalue weighted by atomic mass is 10.1. The highest BCUT2D eigenvalue weighted by Gasteiger charge is 2.21. The van der Waals surface area contributed by atoms with Gasteiger partial charge >= 0.3 is 0 Å². The molecule has 0 aromatic heterocycles. The van der Waals surface area contributed by atoms with E-state index in [0.717, 1.165) is 42.5 Å². The Kier molecular flexibility index (Phi) is 7.24. The first kappa shape index (κ1) is 18.1. The molecule has 4 nitrogen and oxygen atoms in total. The van der Waals surface area contributed by atoms with Gasteiger partial charge in [0.05, 0.1) is 12.6 Å². The molecule has 1 heterocycles. The average Bonchev–Trinajstić information content (AvgIpc) is 2.58. The Balaban J connectivity index is 2.03. The fourth-order valence-corrected chi connectivity index (χ4v) is 3.92. The number of hydrogen-bond donors (Lipinski definition) is 2. The molecule has 1 aromatic rings. The van der Waals surface area contributed by atoms with Gasteiger partial charge in [0.1, 0.15) is 0 Å². The Bertz CT molecular complexity index is 521. The average molecular weight is 336 g/mol. The van der Waals surface area contributed by atoms with Crippen LogP contribution in [-0.4, -0.2) is 53.1 Å². The monoisotopic (exact) mass is 335 g/mol. The van der Waals surface area contributed by atoms with E-state index in [1.165, 1.54) is 6.42 Å². The van der Waals surface area contributed by atoms with Gasteiger partial charge in [0.2, 0.25) is 0 Å². The van der Waals surface area contributed by atoms with Crippen molar-refractivity contribution in [2.24, 2.45) is 4.99 Å². The minimum atomic E-state index is -0.551. The zero-order chi connectivity index (χ0) is 16.7. The molecule has 1 aromatic carbocycles. The number of aliphatic hydroxyl groups excluding tert-OH is 1. The summed E-state index contributed by atoms with van der Waals surface area (Å²) in [6.45, 7) is 9.67. The summed E-state index contributed by atoms with van der Waals surface area (Å²) in [6, 6.07) is 8.01. The Labute approximate surface area is 144 Å². The lowest BCUT2D eigenvalue weighted by molar-refractivity contribution is 0.186. The molecule has 2 atom stereocenters. The van der Waals surface area contributed by atoms with Crippen LogP contribution in [0.5, 0.6) is 0 Å². The second kappa shape index (κ2) is 9.18. The summed E-state index contributed by atoms with van der Waals surface area (Å²) < 4.78 is 0. The van der Waals surface area contributed by atoms with Gasteiger partial charge in [-0.15, -0.1) is 0 Å². The van der Waals surface area contributed by atoms with E-state index in [4.69, 9.17) is 0 Å². The van der Waals surface area contributed by atoms with Crippen molar-refractivity contribution in [1.82, 2.24) is 10.2 Å². The number of guanidine groups is 1. The van der Waals surface area contributed by atoms with Gasteiger partial charge in [-0.25, -0.2) is 0 Å². The first-order valence-electron chi connectivity index (χ1n) is 8.53. The standard InChI is InChI=1S/C18H29N3OS/c1-4-16-13-21(9-10-23-16)18(19-5-2)20-12-17(22)15-8-6-7-14(3)11-15/h6-8,11,16-17,22H,4-5,9-10,12-13H2,1-3H3,(H,19,20). The number of rotatable bonds is 5. The summed E-state index contributed by atoms with van der Waals surface area (Å²) >= 11 is 2.05. The molecule has 0 bridgehead atoms. The molecule has 0 amide bonds. The number of aliphatic hydroxyl groups is 1. The largest absolute Gasteiger partial charge is 0.386 e. The quantitative estimate of drug-likeness (QED) is 0.642. The number of benzene rings is 1. The molecule has 1 aliphatic rings. The second-order valence-corrected chi connectivity index (χ2v) is 7.38. The van der Waals surface area contributed by atoms with E-state index in [9.17, 15) is 5.11 Å². The Hall–Kier alpha value is -1.20. The lowest BCUT2D eigenvalue weighted by Gasteiger charge is -2.34. The van der Waals surface area contributed by atoms with Crippen molar-refractivity contribution in [3.8, 4) is 0 Å². The summed E-state index contributed by atoms with van der Waals surface area (Å²) in [7, 11) is 0. The van der Waals surface area contributed by atoms with E-state index in [0.29, 0.717) is 11.8 Å². The van der Waals surface area contributed by atoms with Crippen LogP contribution in [-0.2, 0) is 0 Å². The Morgan fingerprint density at radius 1 is 1.48 bits per heavy atom. The SMILES string of the molecule is CCNC(=NCC(O)c1cccc(C)c1)N1CCSC(CC)C1. The number of thioether (sulfide) groups is 1. The third kappa shape index (κ3) is 5.43. The first-order chi connectivity index (χ1) is 11.1. The molecular weight excluding hydrogens is 306 g/mol. The van der Waals surface area contributed by atoms with E-state index in [1.54, 1.807) is 0 Å². The van der Waals surface area contributed by atoms with E-state index < -0.39 is 6.10 Å². The van der Waals surface area contributed by atoms with E-state index in [-0.39, 0.29) is 0 Å². The number of hydrogen-bond acceptors (Lipinski definition) is 3. The van der Waals surface area contributed by atoms with Gasteiger partial charge in [-0.05, 0) is 25.8 Å². The van der Waals surface area contributed by atoms with Gasteiger partial charge in [0.25, 0.3) is 0 Å². The van der Waals surface area contributed by atoms with Crippen LogP contribution < -0.4 is 5.32 Å². The summed E-state index contributed by atoms with van der Waals surface area (Å²) in [5, 5.41) is 14.4. The Morgan fingerprint density at radius 3 is 3.00 bits per heavy atom. The van der Waals surface area contributed by atoms with Gasteiger partial charge in [0.15, 0.2) is 5.96 Å². The van der Waals surface area contributed by atoms with Crippen molar-refractivity contribution in [1.29, 1.82) is 0 Å². The third-order valence-corrected chi connectivity index (χ3v) is 5.44. The van der Waals surface area contributed by atoms with Gasteiger partial charge < -0.3 is 15.3 Å². The molecular formula is C18H29N3OS. The lowest BCUT2D eigenvalue weighted by Crippen LogP contribution is -2.48. The molecule has 2 N–H and O–H groups in total. The van der Waals surface area contributed by atoms with Crippen LogP contribution in [0.4, 0.5) is 0 Å². The van der Waals surface area contributed by atoms with Crippen molar-refractivity contribution in [3.63, 3.8) is 0 Å². The van der Waals surface area contributed by atoms with E-state index >= 15 is 0 Å². The van der Waals surface area contributed by atoms with E-state index in [2.05, 4.69) is 40.8 Å². The minimum absolute atomic E-state index is 0.395. The van der Waals surface area contributed by atoms with Crippen LogP contribution in [0, 0.1) is 6.92 Å². The Morgan fingerprint density at radius 2 is 2.30 bits per heavy atom. The van der Waals surface area contributed by atoms with Crippen LogP contribution in [0.25, 0.3) is 0 Å². The maximum atomic E-state index is 10.4. The van der Waals surface area contributed by atoms with Crippen LogP contribution in [0.2, 0.25) is 0 Å². The molecule has 5 heteroatoms. The normalized spacial score (nSPS) is 20.4. The van der Waals surface area contributed by atoms with Crippen LogP contribution in [0.1, 0.15) is 37.5 Å².